The Labute approximate surface area is 246 Å². The first-order valence-corrected chi connectivity index (χ1v) is 9.86. The van der Waals surface area contributed by atoms with Crippen LogP contribution in [0.25, 0.3) is 0 Å². The third kappa shape index (κ3) is 16.3. The Bertz CT molecular complexity index is 550. The molecule has 0 aromatic heterocycles. The molecule has 0 bridgehead atoms. The normalized spacial score (nSPS) is 10.7. The van der Waals surface area contributed by atoms with Crippen LogP contribution >= 0.6 is 26.8 Å². The molecule has 0 aliphatic carbocycles. The van der Waals surface area contributed by atoms with Crippen molar-refractivity contribution in [1.29, 1.82) is 0 Å². The summed E-state index contributed by atoms with van der Waals surface area (Å²) in [5.41, 5.74) is -2.61. The van der Waals surface area contributed by atoms with Crippen molar-refractivity contribution in [3.63, 3.8) is 0 Å². The maximum Gasteiger partial charge on any atom is 1.00 e. The molecule has 0 atom stereocenters. The number of hydrogen-bond acceptors (Lipinski definition) is 8. The maximum absolute atomic E-state index is 10.7. The topological polar surface area (TPSA) is 148 Å². The van der Waals surface area contributed by atoms with Crippen molar-refractivity contribution in [3.8, 4) is 5.75 Å². The van der Waals surface area contributed by atoms with E-state index in [1.807, 2.05) is 5.32 Å². The van der Waals surface area contributed by atoms with Crippen LogP contribution in [0.4, 0.5) is 0 Å². The summed E-state index contributed by atoms with van der Waals surface area (Å²) in [7, 11) is -11.1. The van der Waals surface area contributed by atoms with Crippen LogP contribution in [0.15, 0.2) is 24.3 Å². The van der Waals surface area contributed by atoms with Gasteiger partial charge < -0.3 is 38.8 Å². The van der Waals surface area contributed by atoms with Crippen LogP contribution in [0.2, 0.25) is 5.02 Å². The quantitative estimate of drug-likeness (QED) is 0.217. The zero-order valence-electron chi connectivity index (χ0n) is 15.3. The molecular formula is C11H14ClNNa4O7P2. The first kappa shape index (κ1) is 36.9. The van der Waals surface area contributed by atoms with Gasteiger partial charge >= 0.3 is 118 Å². The van der Waals surface area contributed by atoms with Crippen molar-refractivity contribution >= 4 is 26.8 Å². The average Bonchev–Trinajstić information content (AvgIpc) is 2.36. The van der Waals surface area contributed by atoms with Crippen molar-refractivity contribution in [1.82, 2.24) is 5.32 Å². The van der Waals surface area contributed by atoms with E-state index in [1.165, 1.54) is 0 Å². The van der Waals surface area contributed by atoms with E-state index in [-0.39, 0.29) is 125 Å². The minimum atomic E-state index is -5.55. The Morgan fingerprint density at radius 2 is 1.38 bits per heavy atom. The smallest absolute Gasteiger partial charge is 0.809 e. The summed E-state index contributed by atoms with van der Waals surface area (Å²) in [6.45, 7) is 0.185. The molecule has 0 fully saturated rings. The zero-order valence-corrected chi connectivity index (χ0v) is 25.9. The van der Waals surface area contributed by atoms with Gasteiger partial charge in [0.05, 0.1) is 12.1 Å². The van der Waals surface area contributed by atoms with Gasteiger partial charge in [-0.2, -0.15) is 0 Å². The van der Waals surface area contributed by atoms with Gasteiger partial charge in [0.15, 0.2) is 0 Å². The van der Waals surface area contributed by atoms with Crippen LogP contribution in [0.1, 0.15) is 12.8 Å². The Morgan fingerprint density at radius 3 is 1.81 bits per heavy atom. The zero-order chi connectivity index (χ0) is 16.8. The fourth-order valence-electron chi connectivity index (χ4n) is 1.58. The van der Waals surface area contributed by atoms with E-state index >= 15 is 0 Å². The summed E-state index contributed by atoms with van der Waals surface area (Å²) < 4.78 is 26.8. The molecule has 1 rings (SSSR count). The van der Waals surface area contributed by atoms with Crippen molar-refractivity contribution in [2.45, 2.75) is 18.4 Å². The molecule has 126 valence electrons. The first-order chi connectivity index (χ1) is 10.1. The molecule has 0 aliphatic rings. The molecule has 0 saturated carbocycles. The molecular weight excluding hydrogens is 447 g/mol. The van der Waals surface area contributed by atoms with Gasteiger partial charge in [-0.05, 0) is 58.8 Å². The minimum absolute atomic E-state index is 0. The largest absolute Gasteiger partial charge is 1.00 e. The minimum Gasteiger partial charge on any atom is -0.809 e. The summed E-state index contributed by atoms with van der Waals surface area (Å²) in [5, 5.41) is 2.53. The van der Waals surface area contributed by atoms with Crippen LogP contribution in [-0.2, 0) is 9.13 Å². The number of nitrogens with one attached hydrogen (secondary N) is 1. The van der Waals surface area contributed by atoms with Crippen LogP contribution in [0.5, 0.6) is 5.75 Å². The molecule has 0 unspecified atom stereocenters. The van der Waals surface area contributed by atoms with Crippen molar-refractivity contribution in [3.05, 3.63) is 29.3 Å². The average molecular weight is 462 g/mol. The van der Waals surface area contributed by atoms with Gasteiger partial charge in [0.2, 0.25) is 0 Å². The molecule has 1 aromatic rings. The maximum atomic E-state index is 10.7. The van der Waals surface area contributed by atoms with E-state index in [4.69, 9.17) is 16.3 Å². The van der Waals surface area contributed by atoms with E-state index in [0.29, 0.717) is 30.2 Å². The van der Waals surface area contributed by atoms with Crippen molar-refractivity contribution in [2.75, 3.05) is 13.2 Å². The van der Waals surface area contributed by atoms with Gasteiger partial charge in [0, 0.05) is 5.02 Å². The van der Waals surface area contributed by atoms with Gasteiger partial charge in [-0.3, -0.25) is 0 Å². The van der Waals surface area contributed by atoms with Crippen molar-refractivity contribution in [2.24, 2.45) is 0 Å². The molecule has 0 saturated heterocycles. The molecule has 0 heterocycles. The number of halogens is 1. The molecule has 0 amide bonds. The number of rotatable bonds is 9. The van der Waals surface area contributed by atoms with Gasteiger partial charge in [-0.1, -0.05) is 11.6 Å². The Morgan fingerprint density at radius 1 is 0.923 bits per heavy atom. The Hall–Kier alpha value is 3.57. The summed E-state index contributed by atoms with van der Waals surface area (Å²) in [6, 6.07) is 6.66. The number of benzene rings is 1. The Balaban J connectivity index is -0.000000605. The predicted octanol–water partition coefficient (Wildman–Crippen LogP) is -12.8. The molecule has 1 N–H and O–H groups in total. The SMILES string of the molecule is O=P([O-])([O-])C(NCCCCOc1ccc(Cl)cc1)P(=O)([O-])[O-].[Na+].[Na+].[Na+].[Na+]. The summed E-state index contributed by atoms with van der Waals surface area (Å²) in [5.74, 6) is 0.600. The summed E-state index contributed by atoms with van der Waals surface area (Å²) in [6.07, 6.45) is 0.788. The third-order valence-corrected chi connectivity index (χ3v) is 6.09. The molecule has 1 aromatic carbocycles. The monoisotopic (exact) mass is 461 g/mol. The fraction of sp³-hybridized carbons (Fsp3) is 0.455. The van der Waals surface area contributed by atoms with E-state index in [0.717, 1.165) is 0 Å². The second-order valence-electron chi connectivity index (χ2n) is 4.42. The van der Waals surface area contributed by atoms with Gasteiger partial charge in [0.25, 0.3) is 0 Å². The third-order valence-electron chi connectivity index (χ3n) is 2.58. The predicted molar refractivity (Wildman–Crippen MR) is 73.2 cm³/mol. The molecule has 0 radical (unpaired) electrons. The molecule has 0 aliphatic heterocycles. The van der Waals surface area contributed by atoms with Crippen LogP contribution < -0.4 is 148 Å². The second kappa shape index (κ2) is 18.2. The van der Waals surface area contributed by atoms with Gasteiger partial charge in [0.1, 0.15) is 5.75 Å². The first-order valence-electron chi connectivity index (χ1n) is 6.26. The van der Waals surface area contributed by atoms with Crippen LogP contribution in [0.3, 0.4) is 0 Å². The van der Waals surface area contributed by atoms with E-state index in [2.05, 4.69) is 0 Å². The van der Waals surface area contributed by atoms with Gasteiger partial charge in [-0.15, -0.1) is 0 Å². The number of unbranched alkanes of at least 4 members (excludes halogenated alkanes) is 1. The number of hydrogen-bond donors (Lipinski definition) is 1. The molecule has 0 spiro atoms. The Kier molecular flexibility index (Phi) is 25.8. The summed E-state index contributed by atoms with van der Waals surface area (Å²) >= 11 is 5.71. The van der Waals surface area contributed by atoms with E-state index < -0.39 is 20.7 Å². The molecule has 15 heteroatoms. The van der Waals surface area contributed by atoms with Crippen LogP contribution in [-0.4, -0.2) is 18.7 Å². The van der Waals surface area contributed by atoms with Crippen LogP contribution in [0, 0.1) is 0 Å². The molecule has 26 heavy (non-hydrogen) atoms. The van der Waals surface area contributed by atoms with E-state index in [9.17, 15) is 28.7 Å². The van der Waals surface area contributed by atoms with E-state index in [1.54, 1.807) is 24.3 Å². The molecule has 8 nitrogen and oxygen atoms in total. The second-order valence-corrected chi connectivity index (χ2v) is 8.45. The van der Waals surface area contributed by atoms with Gasteiger partial charge in [-0.25, -0.2) is 0 Å². The number of ether oxygens (including phenoxy) is 1. The standard InChI is InChI=1S/C11H18ClNO7P2.4Na/c12-9-3-5-10(6-4-9)20-8-2-1-7-13-11(21(14,15)16)22(17,18)19;;;;/h3-6,11,13H,1-2,7-8H2,(H2,14,15,16)(H2,17,18,19);;;;/q;4*+1/p-4. The summed E-state index contributed by atoms with van der Waals surface area (Å²) in [4.78, 5) is 42.9. The van der Waals surface area contributed by atoms with Crippen molar-refractivity contribution < 1.29 is 152 Å². The fourth-order valence-corrected chi connectivity index (χ4v) is 3.79.